The van der Waals surface area contributed by atoms with Gasteiger partial charge in [-0.15, -0.1) is 0 Å². The molecule has 0 spiro atoms. The second-order valence-electron chi connectivity index (χ2n) is 5.97. The van der Waals surface area contributed by atoms with E-state index in [1.807, 2.05) is 49.4 Å². The second-order valence-corrected chi connectivity index (χ2v) is 7.71. The minimum atomic E-state index is -3.57. The molecule has 0 aliphatic heterocycles. The monoisotopic (exact) mass is 352 g/mol. The van der Waals surface area contributed by atoms with Crippen LogP contribution in [0.2, 0.25) is 0 Å². The van der Waals surface area contributed by atoms with Crippen LogP contribution in [0.15, 0.2) is 71.8 Å². The van der Waals surface area contributed by atoms with Crippen molar-refractivity contribution in [1.82, 2.24) is 9.71 Å². The molecule has 25 heavy (non-hydrogen) atoms. The molecule has 3 rings (SSSR count). The summed E-state index contributed by atoms with van der Waals surface area (Å²) in [5.74, 6) is 0. The molecule has 0 aliphatic carbocycles. The van der Waals surface area contributed by atoms with Gasteiger partial charge in [0.05, 0.1) is 10.6 Å². The highest BCUT2D eigenvalue weighted by Gasteiger charge is 2.17. The molecule has 1 heterocycles. The van der Waals surface area contributed by atoms with Crippen molar-refractivity contribution < 1.29 is 8.42 Å². The van der Waals surface area contributed by atoms with Crippen molar-refractivity contribution in [2.45, 2.75) is 25.3 Å². The largest absolute Gasteiger partial charge is 0.256 e. The third-order valence-electron chi connectivity index (χ3n) is 4.02. The van der Waals surface area contributed by atoms with Crippen LogP contribution in [0.1, 0.15) is 16.7 Å². The molecule has 128 valence electrons. The van der Waals surface area contributed by atoms with Gasteiger partial charge in [0.15, 0.2) is 0 Å². The van der Waals surface area contributed by atoms with Crippen molar-refractivity contribution in [3.8, 4) is 11.3 Å². The molecule has 0 unspecified atom stereocenters. The smallest absolute Gasteiger partial charge is 0.241 e. The number of aromatic nitrogens is 1. The average molecular weight is 352 g/mol. The minimum Gasteiger partial charge on any atom is -0.256 e. The third kappa shape index (κ3) is 3.95. The first kappa shape index (κ1) is 17.3. The molecule has 0 radical (unpaired) electrons. The first-order chi connectivity index (χ1) is 12.0. The number of aryl methyl sites for hydroxylation is 2. The molecule has 0 atom stereocenters. The molecule has 4 nitrogen and oxygen atoms in total. The fourth-order valence-corrected chi connectivity index (χ4v) is 3.99. The topological polar surface area (TPSA) is 59.1 Å². The highest BCUT2D eigenvalue weighted by Crippen LogP contribution is 2.23. The van der Waals surface area contributed by atoms with Crippen molar-refractivity contribution in [1.29, 1.82) is 0 Å². The number of pyridine rings is 1. The Bertz CT molecular complexity index is 998. The van der Waals surface area contributed by atoms with E-state index < -0.39 is 10.0 Å². The Balaban J connectivity index is 1.89. The number of hydrogen-bond acceptors (Lipinski definition) is 3. The van der Waals surface area contributed by atoms with Crippen molar-refractivity contribution >= 4 is 10.0 Å². The van der Waals surface area contributed by atoms with Crippen LogP contribution in [0.3, 0.4) is 0 Å². The van der Waals surface area contributed by atoms with Gasteiger partial charge in [0.1, 0.15) is 0 Å². The molecular formula is C20H20N2O2S. The van der Waals surface area contributed by atoms with Crippen LogP contribution < -0.4 is 4.72 Å². The minimum absolute atomic E-state index is 0.188. The van der Waals surface area contributed by atoms with Crippen LogP contribution in [0, 0.1) is 13.8 Å². The summed E-state index contributed by atoms with van der Waals surface area (Å²) in [6.45, 7) is 4.00. The highest BCUT2D eigenvalue weighted by molar-refractivity contribution is 7.89. The van der Waals surface area contributed by atoms with E-state index in [4.69, 9.17) is 0 Å². The molecule has 0 amide bonds. The standard InChI is InChI=1S/C20H20N2O2S/c1-15-7-5-9-17(13-15)20-18(10-6-12-21-20)14-22-25(23,24)19-11-4-3-8-16(19)2/h3-13,22H,14H2,1-2H3. The first-order valence-electron chi connectivity index (χ1n) is 8.03. The van der Waals surface area contributed by atoms with Gasteiger partial charge in [-0.25, -0.2) is 13.1 Å². The molecule has 0 saturated heterocycles. The van der Waals surface area contributed by atoms with Crippen molar-refractivity contribution in [3.63, 3.8) is 0 Å². The summed E-state index contributed by atoms with van der Waals surface area (Å²) in [6.07, 6.45) is 1.72. The maximum absolute atomic E-state index is 12.6. The van der Waals surface area contributed by atoms with Crippen LogP contribution in [0.4, 0.5) is 0 Å². The van der Waals surface area contributed by atoms with Gasteiger partial charge in [-0.3, -0.25) is 4.98 Å². The molecule has 0 saturated carbocycles. The Labute approximate surface area is 148 Å². The maximum atomic E-state index is 12.6. The Kier molecular flexibility index (Phi) is 4.97. The lowest BCUT2D eigenvalue weighted by Crippen LogP contribution is -2.24. The van der Waals surface area contributed by atoms with Gasteiger partial charge in [-0.2, -0.15) is 0 Å². The zero-order valence-corrected chi connectivity index (χ0v) is 15.0. The predicted molar refractivity (Wildman–Crippen MR) is 99.6 cm³/mol. The molecule has 3 aromatic rings. The Hall–Kier alpha value is -2.50. The van der Waals surface area contributed by atoms with Crippen LogP contribution >= 0.6 is 0 Å². The number of nitrogens with zero attached hydrogens (tertiary/aromatic N) is 1. The van der Waals surface area contributed by atoms with Crippen LogP contribution in [0.5, 0.6) is 0 Å². The van der Waals surface area contributed by atoms with Gasteiger partial charge in [0.2, 0.25) is 10.0 Å². The summed E-state index contributed by atoms with van der Waals surface area (Å²) in [7, 11) is -3.57. The number of nitrogens with one attached hydrogen (secondary N) is 1. The lowest BCUT2D eigenvalue weighted by Gasteiger charge is -2.12. The van der Waals surface area contributed by atoms with Crippen molar-refractivity contribution in [2.24, 2.45) is 0 Å². The molecule has 1 N–H and O–H groups in total. The summed E-state index contributed by atoms with van der Waals surface area (Å²) < 4.78 is 27.9. The van der Waals surface area contributed by atoms with Gasteiger partial charge in [-0.1, -0.05) is 48.0 Å². The zero-order chi connectivity index (χ0) is 17.9. The molecule has 2 aromatic carbocycles. The zero-order valence-electron chi connectivity index (χ0n) is 14.2. The second kappa shape index (κ2) is 7.17. The van der Waals surface area contributed by atoms with E-state index in [1.54, 1.807) is 31.3 Å². The number of hydrogen-bond donors (Lipinski definition) is 1. The summed E-state index contributed by atoms with van der Waals surface area (Å²) in [5, 5.41) is 0. The lowest BCUT2D eigenvalue weighted by molar-refractivity contribution is 0.580. The Morgan fingerprint density at radius 3 is 2.52 bits per heavy atom. The van der Waals surface area contributed by atoms with E-state index >= 15 is 0 Å². The summed E-state index contributed by atoms with van der Waals surface area (Å²) in [5.41, 5.74) is 4.46. The molecule has 1 aromatic heterocycles. The van der Waals surface area contributed by atoms with Gasteiger partial charge in [-0.05, 0) is 43.2 Å². The average Bonchev–Trinajstić information content (AvgIpc) is 2.60. The highest BCUT2D eigenvalue weighted by atomic mass is 32.2. The SMILES string of the molecule is Cc1cccc(-c2ncccc2CNS(=O)(=O)c2ccccc2C)c1. The molecule has 0 aliphatic rings. The van der Waals surface area contributed by atoms with Crippen molar-refractivity contribution in [2.75, 3.05) is 0 Å². The van der Waals surface area contributed by atoms with E-state index in [9.17, 15) is 8.42 Å². The van der Waals surface area contributed by atoms with Gasteiger partial charge in [0.25, 0.3) is 0 Å². The number of sulfonamides is 1. The van der Waals surface area contributed by atoms with Crippen LogP contribution in [-0.4, -0.2) is 13.4 Å². The number of rotatable bonds is 5. The van der Waals surface area contributed by atoms with Crippen LogP contribution in [0.25, 0.3) is 11.3 Å². The Morgan fingerprint density at radius 2 is 1.76 bits per heavy atom. The lowest BCUT2D eigenvalue weighted by atomic mass is 10.0. The summed E-state index contributed by atoms with van der Waals surface area (Å²) >= 11 is 0. The van der Waals surface area contributed by atoms with E-state index in [0.29, 0.717) is 4.90 Å². The molecule has 5 heteroatoms. The van der Waals surface area contributed by atoms with Gasteiger partial charge >= 0.3 is 0 Å². The fraction of sp³-hybridized carbons (Fsp3) is 0.150. The van der Waals surface area contributed by atoms with Gasteiger partial charge < -0.3 is 0 Å². The molecular weight excluding hydrogens is 332 g/mol. The third-order valence-corrected chi connectivity index (χ3v) is 5.58. The van der Waals surface area contributed by atoms with Gasteiger partial charge in [0, 0.05) is 18.3 Å². The normalized spacial score (nSPS) is 11.4. The summed E-state index contributed by atoms with van der Waals surface area (Å²) in [4.78, 5) is 4.75. The van der Waals surface area contributed by atoms with Crippen molar-refractivity contribution in [3.05, 3.63) is 83.6 Å². The predicted octanol–water partition coefficient (Wildman–Crippen LogP) is 3.84. The quantitative estimate of drug-likeness (QED) is 0.759. The summed E-state index contributed by atoms with van der Waals surface area (Å²) in [6, 6.07) is 18.7. The van der Waals surface area contributed by atoms with E-state index in [-0.39, 0.29) is 6.54 Å². The van der Waals surface area contributed by atoms with E-state index in [2.05, 4.69) is 9.71 Å². The molecule has 0 fully saturated rings. The first-order valence-corrected chi connectivity index (χ1v) is 9.52. The van der Waals surface area contributed by atoms with Crippen LogP contribution in [-0.2, 0) is 16.6 Å². The Morgan fingerprint density at radius 1 is 0.960 bits per heavy atom. The molecule has 0 bridgehead atoms. The number of benzene rings is 2. The maximum Gasteiger partial charge on any atom is 0.241 e. The van der Waals surface area contributed by atoms with E-state index in [1.165, 1.54) is 0 Å². The fourth-order valence-electron chi connectivity index (χ4n) is 2.74. The van der Waals surface area contributed by atoms with E-state index in [0.717, 1.165) is 27.9 Å².